The summed E-state index contributed by atoms with van der Waals surface area (Å²) in [5.74, 6) is 0. The van der Waals surface area contributed by atoms with E-state index in [0.29, 0.717) is 28.9 Å². The van der Waals surface area contributed by atoms with Crippen molar-refractivity contribution in [1.29, 1.82) is 0 Å². The molecule has 2 atom stereocenters. The minimum atomic E-state index is -0.376. The van der Waals surface area contributed by atoms with Gasteiger partial charge in [0.1, 0.15) is 16.3 Å². The number of aromatic nitrogens is 3. The Morgan fingerprint density at radius 1 is 1.21 bits per heavy atom. The van der Waals surface area contributed by atoms with Gasteiger partial charge in [-0.15, -0.1) is 0 Å². The van der Waals surface area contributed by atoms with Gasteiger partial charge in [-0.2, -0.15) is 5.10 Å². The van der Waals surface area contributed by atoms with Crippen molar-refractivity contribution >= 4 is 33.0 Å². The first kappa shape index (κ1) is 17.4. The second-order valence-corrected chi connectivity index (χ2v) is 8.66. The fraction of sp³-hybridized carbons (Fsp3) is 0.350. The summed E-state index contributed by atoms with van der Waals surface area (Å²) in [6.45, 7) is 8.14. The molecule has 4 heterocycles. The third-order valence-electron chi connectivity index (χ3n) is 5.10. The van der Waals surface area contributed by atoms with Gasteiger partial charge in [-0.25, -0.2) is 14.3 Å². The van der Waals surface area contributed by atoms with Crippen LogP contribution in [-0.4, -0.2) is 39.8 Å². The molecule has 1 fully saturated rings. The summed E-state index contributed by atoms with van der Waals surface area (Å²) in [6, 6.07) is 8.77. The third kappa shape index (κ3) is 2.89. The molecule has 0 spiro atoms. The number of benzene rings is 1. The smallest absolute Gasteiger partial charge is 0.345 e. The number of imidazole rings is 1. The van der Waals surface area contributed by atoms with Crippen LogP contribution in [0.1, 0.15) is 18.9 Å². The van der Waals surface area contributed by atoms with Gasteiger partial charge in [-0.3, -0.25) is 0 Å². The Kier molecular flexibility index (Phi) is 3.99. The van der Waals surface area contributed by atoms with Crippen LogP contribution >= 0.6 is 11.3 Å². The molecule has 0 unspecified atom stereocenters. The van der Waals surface area contributed by atoms with Crippen molar-refractivity contribution in [3.8, 4) is 11.3 Å². The number of rotatable bonds is 2. The normalized spacial score (nSPS) is 20.3. The molecule has 0 saturated carbocycles. The van der Waals surface area contributed by atoms with Gasteiger partial charge in [0.2, 0.25) is 4.96 Å². The predicted octanol–water partition coefficient (Wildman–Crippen LogP) is 3.06. The van der Waals surface area contributed by atoms with Crippen molar-refractivity contribution in [2.75, 3.05) is 18.0 Å². The fourth-order valence-electron chi connectivity index (χ4n) is 3.98. The molecule has 1 aliphatic rings. The third-order valence-corrected chi connectivity index (χ3v) is 5.94. The lowest BCUT2D eigenvalue weighted by molar-refractivity contribution is 0.407. The molecule has 0 bridgehead atoms. The Bertz CT molecular complexity index is 1230. The summed E-state index contributed by atoms with van der Waals surface area (Å²) in [7, 11) is 0. The molecule has 0 amide bonds. The summed E-state index contributed by atoms with van der Waals surface area (Å²) < 4.78 is 7.40. The molecule has 0 aliphatic carbocycles. The highest BCUT2D eigenvalue weighted by Crippen LogP contribution is 2.27. The number of nitrogens with zero attached hydrogens (tertiary/aromatic N) is 4. The Morgan fingerprint density at radius 2 is 2.00 bits per heavy atom. The van der Waals surface area contributed by atoms with Crippen LogP contribution in [0.25, 0.3) is 27.2 Å². The number of hydrogen-bond acceptors (Lipinski definition) is 7. The van der Waals surface area contributed by atoms with E-state index in [0.717, 1.165) is 34.1 Å². The predicted molar refractivity (Wildman–Crippen MR) is 111 cm³/mol. The SMILES string of the molecule is Cc1nn2c(-c3cc4ccc(N5C[C@@H](C)N[C@@H](C)C5)cc4oc3=O)cnc2s1. The fourth-order valence-corrected chi connectivity index (χ4v) is 4.70. The zero-order valence-electron chi connectivity index (χ0n) is 16.0. The van der Waals surface area contributed by atoms with Crippen LogP contribution in [-0.2, 0) is 0 Å². The standard InChI is InChI=1S/C20H21N5O2S/c1-11-9-24(10-12(2)22-11)15-5-4-14-6-16(19(26)27-18(14)7-15)17-8-21-20-25(17)23-13(3)28-20/h4-8,11-12,22H,9-10H2,1-3H3/t11-,12+. The molecular formula is C20H21N5O2S. The van der Waals surface area contributed by atoms with Crippen LogP contribution in [0.3, 0.4) is 0 Å². The van der Waals surface area contributed by atoms with Crippen molar-refractivity contribution < 1.29 is 4.42 Å². The molecule has 8 heteroatoms. The topological polar surface area (TPSA) is 75.7 Å². The van der Waals surface area contributed by atoms with E-state index in [9.17, 15) is 4.79 Å². The van der Waals surface area contributed by atoms with Crippen LogP contribution in [0, 0.1) is 6.92 Å². The molecule has 1 aromatic carbocycles. The molecular weight excluding hydrogens is 374 g/mol. The van der Waals surface area contributed by atoms with Crippen LogP contribution in [0.2, 0.25) is 0 Å². The summed E-state index contributed by atoms with van der Waals surface area (Å²) in [5, 5.41) is 9.76. The summed E-state index contributed by atoms with van der Waals surface area (Å²) in [4.78, 5) is 20.2. The second kappa shape index (κ2) is 6.42. The molecule has 3 aromatic heterocycles. The van der Waals surface area contributed by atoms with Crippen molar-refractivity contribution in [3.63, 3.8) is 0 Å². The van der Waals surface area contributed by atoms with Gasteiger partial charge in [0, 0.05) is 42.3 Å². The molecule has 1 aliphatic heterocycles. The van der Waals surface area contributed by atoms with Crippen LogP contribution in [0.15, 0.2) is 39.7 Å². The maximum atomic E-state index is 12.7. The highest BCUT2D eigenvalue weighted by Gasteiger charge is 2.22. The highest BCUT2D eigenvalue weighted by atomic mass is 32.1. The first-order valence-corrected chi connectivity index (χ1v) is 10.2. The zero-order chi connectivity index (χ0) is 19.4. The van der Waals surface area contributed by atoms with Gasteiger partial charge in [-0.1, -0.05) is 11.3 Å². The van der Waals surface area contributed by atoms with Gasteiger partial charge in [0.25, 0.3) is 0 Å². The summed E-state index contributed by atoms with van der Waals surface area (Å²) >= 11 is 1.49. The molecule has 144 valence electrons. The summed E-state index contributed by atoms with van der Waals surface area (Å²) in [6.07, 6.45) is 1.67. The number of aryl methyl sites for hydroxylation is 1. The maximum absolute atomic E-state index is 12.7. The second-order valence-electron chi connectivity index (χ2n) is 7.50. The van der Waals surface area contributed by atoms with Gasteiger partial charge < -0.3 is 14.6 Å². The Labute approximate surface area is 165 Å². The Hall–Kier alpha value is -2.71. The number of nitrogens with one attached hydrogen (secondary N) is 1. The van der Waals surface area contributed by atoms with Crippen molar-refractivity contribution in [2.45, 2.75) is 32.9 Å². The average molecular weight is 395 g/mol. The van der Waals surface area contributed by atoms with Gasteiger partial charge in [-0.05, 0) is 39.0 Å². The lowest BCUT2D eigenvalue weighted by atomic mass is 10.1. The minimum absolute atomic E-state index is 0.376. The lowest BCUT2D eigenvalue weighted by Crippen LogP contribution is -2.54. The lowest BCUT2D eigenvalue weighted by Gasteiger charge is -2.37. The Balaban J connectivity index is 1.57. The van der Waals surface area contributed by atoms with E-state index in [4.69, 9.17) is 4.42 Å². The van der Waals surface area contributed by atoms with Crippen LogP contribution in [0.5, 0.6) is 0 Å². The van der Waals surface area contributed by atoms with E-state index in [1.165, 1.54) is 11.3 Å². The molecule has 28 heavy (non-hydrogen) atoms. The van der Waals surface area contributed by atoms with Crippen molar-refractivity contribution in [3.05, 3.63) is 45.9 Å². The van der Waals surface area contributed by atoms with E-state index in [1.807, 2.05) is 25.1 Å². The molecule has 0 radical (unpaired) electrons. The van der Waals surface area contributed by atoms with E-state index >= 15 is 0 Å². The van der Waals surface area contributed by atoms with Gasteiger partial charge in [0.05, 0.1) is 11.8 Å². The maximum Gasteiger partial charge on any atom is 0.345 e. The van der Waals surface area contributed by atoms with Crippen LogP contribution in [0.4, 0.5) is 5.69 Å². The number of fused-ring (bicyclic) bond motifs is 2. The Morgan fingerprint density at radius 3 is 2.79 bits per heavy atom. The molecule has 1 saturated heterocycles. The zero-order valence-corrected chi connectivity index (χ0v) is 16.8. The van der Waals surface area contributed by atoms with Crippen molar-refractivity contribution in [1.82, 2.24) is 19.9 Å². The van der Waals surface area contributed by atoms with Crippen LogP contribution < -0.4 is 15.8 Å². The first-order chi connectivity index (χ1) is 13.5. The number of anilines is 1. The van der Waals surface area contributed by atoms with Crippen molar-refractivity contribution in [2.24, 2.45) is 0 Å². The average Bonchev–Trinajstić information content (AvgIpc) is 3.19. The highest BCUT2D eigenvalue weighted by molar-refractivity contribution is 7.16. The molecule has 1 N–H and O–H groups in total. The monoisotopic (exact) mass is 395 g/mol. The van der Waals surface area contributed by atoms with Gasteiger partial charge in [0.15, 0.2) is 0 Å². The summed E-state index contributed by atoms with van der Waals surface area (Å²) in [5.41, 5.74) is 2.43. The largest absolute Gasteiger partial charge is 0.422 e. The first-order valence-electron chi connectivity index (χ1n) is 9.38. The minimum Gasteiger partial charge on any atom is -0.422 e. The van der Waals surface area contributed by atoms with E-state index in [2.05, 4.69) is 40.2 Å². The van der Waals surface area contributed by atoms with E-state index < -0.39 is 0 Å². The molecule has 7 nitrogen and oxygen atoms in total. The number of piperazine rings is 1. The van der Waals surface area contributed by atoms with E-state index in [-0.39, 0.29) is 5.63 Å². The van der Waals surface area contributed by atoms with E-state index in [1.54, 1.807) is 10.7 Å². The quantitative estimate of drug-likeness (QED) is 0.526. The number of hydrogen-bond donors (Lipinski definition) is 1. The molecule has 5 rings (SSSR count). The molecule has 4 aromatic rings. The van der Waals surface area contributed by atoms with Gasteiger partial charge >= 0.3 is 5.63 Å².